The van der Waals surface area contributed by atoms with Crippen LogP contribution in [0.15, 0.2) is 30.5 Å². The summed E-state index contributed by atoms with van der Waals surface area (Å²) >= 11 is 0. The third-order valence-corrected chi connectivity index (χ3v) is 2.88. The Morgan fingerprint density at radius 2 is 2.11 bits per heavy atom. The van der Waals surface area contributed by atoms with Crippen LogP contribution < -0.4 is 4.74 Å². The Morgan fingerprint density at radius 1 is 1.26 bits per heavy atom. The summed E-state index contributed by atoms with van der Waals surface area (Å²) in [6.45, 7) is 3.48. The van der Waals surface area contributed by atoms with Crippen molar-refractivity contribution in [2.45, 2.75) is 32.9 Å². The van der Waals surface area contributed by atoms with Crippen molar-refractivity contribution in [3.63, 3.8) is 0 Å². The molecule has 2 aromatic rings. The van der Waals surface area contributed by atoms with Gasteiger partial charge in [0.05, 0.1) is 19.4 Å². The number of hydrogen-bond donors (Lipinski definition) is 1. The largest absolute Gasteiger partial charge is 0.493 e. The van der Waals surface area contributed by atoms with Crippen molar-refractivity contribution in [3.05, 3.63) is 41.7 Å². The first kappa shape index (κ1) is 13.5. The lowest BCUT2D eigenvalue weighted by Gasteiger charge is -2.08. The highest BCUT2D eigenvalue weighted by Gasteiger charge is 2.00. The fourth-order valence-electron chi connectivity index (χ4n) is 1.80. The monoisotopic (exact) mass is 261 g/mol. The maximum atomic E-state index is 8.88. The van der Waals surface area contributed by atoms with Gasteiger partial charge in [0.2, 0.25) is 0 Å². The average molecular weight is 261 g/mol. The Hall–Kier alpha value is -1.88. The minimum atomic E-state index is -0.0591. The predicted octanol–water partition coefficient (Wildman–Crippen LogP) is 1.94. The van der Waals surface area contributed by atoms with E-state index >= 15 is 0 Å². The molecule has 5 heteroatoms. The number of nitrogens with zero attached hydrogens (tertiary/aromatic N) is 3. The van der Waals surface area contributed by atoms with Gasteiger partial charge < -0.3 is 9.84 Å². The molecule has 0 fully saturated rings. The van der Waals surface area contributed by atoms with Gasteiger partial charge in [-0.25, -0.2) is 0 Å². The normalized spacial score (nSPS) is 10.6. The molecule has 0 aliphatic carbocycles. The number of unbranched alkanes of at least 4 members (excludes halogenated alkanes) is 1. The molecule has 1 aromatic carbocycles. The van der Waals surface area contributed by atoms with Gasteiger partial charge in [-0.3, -0.25) is 4.68 Å². The highest BCUT2D eigenvalue weighted by atomic mass is 16.5. The molecule has 0 bridgehead atoms. The van der Waals surface area contributed by atoms with Crippen LogP contribution in [0.25, 0.3) is 0 Å². The van der Waals surface area contributed by atoms with Gasteiger partial charge in [-0.15, -0.1) is 5.10 Å². The quantitative estimate of drug-likeness (QED) is 0.774. The molecule has 0 atom stereocenters. The number of rotatable bonds is 7. The van der Waals surface area contributed by atoms with Crippen LogP contribution in [-0.4, -0.2) is 26.7 Å². The summed E-state index contributed by atoms with van der Waals surface area (Å²) in [6.07, 6.45) is 3.70. The molecule has 0 radical (unpaired) electrons. The van der Waals surface area contributed by atoms with E-state index in [1.165, 1.54) is 0 Å². The molecule has 1 aromatic heterocycles. The summed E-state index contributed by atoms with van der Waals surface area (Å²) in [7, 11) is 0. The maximum Gasteiger partial charge on any atom is 0.122 e. The number of aliphatic hydroxyl groups is 1. The highest BCUT2D eigenvalue weighted by Crippen LogP contribution is 2.16. The minimum absolute atomic E-state index is 0.0591. The summed E-state index contributed by atoms with van der Waals surface area (Å²) in [4.78, 5) is 0. The van der Waals surface area contributed by atoms with Gasteiger partial charge in [0.25, 0.3) is 0 Å². The summed E-state index contributed by atoms with van der Waals surface area (Å²) in [5.74, 6) is 0.950. The third kappa shape index (κ3) is 4.06. The van der Waals surface area contributed by atoms with E-state index in [1.54, 1.807) is 10.9 Å². The Bertz CT molecular complexity index is 511. The van der Waals surface area contributed by atoms with Crippen LogP contribution in [-0.2, 0) is 13.2 Å². The summed E-state index contributed by atoms with van der Waals surface area (Å²) in [5, 5.41) is 16.6. The second-order valence-corrected chi connectivity index (χ2v) is 4.45. The molecule has 19 heavy (non-hydrogen) atoms. The molecular weight excluding hydrogens is 242 g/mol. The van der Waals surface area contributed by atoms with Crippen molar-refractivity contribution in [1.82, 2.24) is 15.0 Å². The second-order valence-electron chi connectivity index (χ2n) is 4.45. The Balaban J connectivity index is 1.66. The van der Waals surface area contributed by atoms with Gasteiger partial charge in [-0.05, 0) is 31.4 Å². The lowest BCUT2D eigenvalue weighted by molar-refractivity contribution is 0.276. The van der Waals surface area contributed by atoms with Crippen LogP contribution in [0.1, 0.15) is 24.1 Å². The van der Waals surface area contributed by atoms with Gasteiger partial charge in [-0.2, -0.15) is 0 Å². The Morgan fingerprint density at radius 3 is 2.84 bits per heavy atom. The lowest BCUT2D eigenvalue weighted by Crippen LogP contribution is -2.03. The van der Waals surface area contributed by atoms with E-state index < -0.39 is 0 Å². The zero-order valence-electron chi connectivity index (χ0n) is 11.1. The van der Waals surface area contributed by atoms with E-state index in [0.29, 0.717) is 12.3 Å². The van der Waals surface area contributed by atoms with Crippen molar-refractivity contribution in [3.8, 4) is 5.75 Å². The van der Waals surface area contributed by atoms with Crippen LogP contribution in [0, 0.1) is 6.92 Å². The molecule has 5 nitrogen and oxygen atoms in total. The summed E-state index contributed by atoms with van der Waals surface area (Å²) in [6, 6.07) is 8.02. The molecule has 1 heterocycles. The Labute approximate surface area is 112 Å². The van der Waals surface area contributed by atoms with Crippen molar-refractivity contribution >= 4 is 0 Å². The van der Waals surface area contributed by atoms with Gasteiger partial charge in [0.1, 0.15) is 11.4 Å². The first-order chi connectivity index (χ1) is 9.29. The summed E-state index contributed by atoms with van der Waals surface area (Å²) in [5.41, 5.74) is 1.77. The van der Waals surface area contributed by atoms with Gasteiger partial charge in [0.15, 0.2) is 0 Å². The van der Waals surface area contributed by atoms with Crippen LogP contribution in [0.2, 0.25) is 0 Å². The zero-order chi connectivity index (χ0) is 13.5. The highest BCUT2D eigenvalue weighted by molar-refractivity contribution is 5.31. The maximum absolute atomic E-state index is 8.88. The van der Waals surface area contributed by atoms with Crippen molar-refractivity contribution in [1.29, 1.82) is 0 Å². The molecular formula is C14H19N3O2. The molecule has 0 amide bonds. The van der Waals surface area contributed by atoms with E-state index in [2.05, 4.69) is 10.3 Å². The average Bonchev–Trinajstić information content (AvgIpc) is 2.88. The van der Waals surface area contributed by atoms with Gasteiger partial charge in [-0.1, -0.05) is 23.4 Å². The number of aryl methyl sites for hydroxylation is 2. The third-order valence-electron chi connectivity index (χ3n) is 2.88. The molecule has 0 saturated heterocycles. The predicted molar refractivity (Wildman–Crippen MR) is 71.9 cm³/mol. The van der Waals surface area contributed by atoms with E-state index in [1.807, 2.05) is 31.2 Å². The standard InChI is InChI=1S/C14H19N3O2/c1-12-6-2-3-7-14(12)19-9-5-4-8-17-10-13(11-18)15-16-17/h2-3,6-7,10,18H,4-5,8-9,11H2,1H3. The SMILES string of the molecule is Cc1ccccc1OCCCCn1cc(CO)nn1. The molecule has 2 rings (SSSR count). The molecule has 102 valence electrons. The first-order valence-corrected chi connectivity index (χ1v) is 6.48. The summed E-state index contributed by atoms with van der Waals surface area (Å²) < 4.78 is 7.47. The van der Waals surface area contributed by atoms with Crippen molar-refractivity contribution in [2.75, 3.05) is 6.61 Å². The molecule has 1 N–H and O–H groups in total. The number of ether oxygens (including phenoxy) is 1. The zero-order valence-corrected chi connectivity index (χ0v) is 11.1. The van der Waals surface area contributed by atoms with Crippen LogP contribution in [0.4, 0.5) is 0 Å². The lowest BCUT2D eigenvalue weighted by atomic mass is 10.2. The fourth-order valence-corrected chi connectivity index (χ4v) is 1.80. The minimum Gasteiger partial charge on any atom is -0.493 e. The van der Waals surface area contributed by atoms with Crippen LogP contribution in [0.3, 0.4) is 0 Å². The topological polar surface area (TPSA) is 60.2 Å². The molecule has 0 aliphatic heterocycles. The Kier molecular flexibility index (Phi) is 4.92. The second kappa shape index (κ2) is 6.89. The number of aliphatic hydroxyl groups excluding tert-OH is 1. The molecule has 0 aliphatic rings. The fraction of sp³-hybridized carbons (Fsp3) is 0.429. The first-order valence-electron chi connectivity index (χ1n) is 6.48. The number of aromatic nitrogens is 3. The number of para-hydroxylation sites is 1. The van der Waals surface area contributed by atoms with E-state index in [9.17, 15) is 0 Å². The van der Waals surface area contributed by atoms with Crippen molar-refractivity contribution < 1.29 is 9.84 Å². The van der Waals surface area contributed by atoms with E-state index in [4.69, 9.17) is 9.84 Å². The smallest absolute Gasteiger partial charge is 0.122 e. The van der Waals surface area contributed by atoms with E-state index in [0.717, 1.165) is 30.7 Å². The van der Waals surface area contributed by atoms with E-state index in [-0.39, 0.29) is 6.61 Å². The van der Waals surface area contributed by atoms with Crippen LogP contribution in [0.5, 0.6) is 5.75 Å². The molecule has 0 saturated carbocycles. The van der Waals surface area contributed by atoms with Gasteiger partial charge >= 0.3 is 0 Å². The molecule has 0 unspecified atom stereocenters. The van der Waals surface area contributed by atoms with Crippen LogP contribution >= 0.6 is 0 Å². The number of hydrogen-bond acceptors (Lipinski definition) is 4. The van der Waals surface area contributed by atoms with Crippen molar-refractivity contribution in [2.24, 2.45) is 0 Å². The number of benzene rings is 1. The molecule has 0 spiro atoms. The van der Waals surface area contributed by atoms with Gasteiger partial charge in [0, 0.05) is 6.54 Å².